The van der Waals surface area contributed by atoms with E-state index in [0.29, 0.717) is 16.9 Å². The second kappa shape index (κ2) is 4.19. The Balaban J connectivity index is 1.80. The normalized spacial score (nSPS) is 30.8. The number of nitrogens with zero attached hydrogens (tertiary/aromatic N) is 3. The summed E-state index contributed by atoms with van der Waals surface area (Å²) in [6.45, 7) is 8.41. The second-order valence-electron chi connectivity index (χ2n) is 8.06. The van der Waals surface area contributed by atoms with Crippen LogP contribution in [0.2, 0.25) is 0 Å². The molecular weight excluding hydrogens is 258 g/mol. The largest absolute Gasteiger partial charge is 0.352 e. The first-order valence-corrected chi connectivity index (χ1v) is 7.92. The Bertz CT molecular complexity index is 688. The van der Waals surface area contributed by atoms with Crippen LogP contribution < -0.4 is 4.90 Å². The summed E-state index contributed by atoms with van der Waals surface area (Å²) in [4.78, 5) is 11.6. The molecule has 0 spiro atoms. The van der Waals surface area contributed by atoms with Crippen molar-refractivity contribution in [2.75, 3.05) is 11.4 Å². The molecule has 0 amide bonds. The Morgan fingerprint density at radius 2 is 1.90 bits per heavy atom. The number of aromatic nitrogens is 2. The Kier molecular flexibility index (Phi) is 2.60. The van der Waals surface area contributed by atoms with Crippen LogP contribution in [-0.2, 0) is 0 Å². The molecule has 3 nitrogen and oxygen atoms in total. The summed E-state index contributed by atoms with van der Waals surface area (Å²) >= 11 is 0. The predicted molar refractivity (Wildman–Crippen MR) is 86.4 cm³/mol. The molecule has 1 aromatic heterocycles. The first-order chi connectivity index (χ1) is 9.96. The minimum Gasteiger partial charge on any atom is -0.352 e. The topological polar surface area (TPSA) is 29.0 Å². The van der Waals surface area contributed by atoms with Gasteiger partial charge in [0.1, 0.15) is 12.1 Å². The van der Waals surface area contributed by atoms with E-state index in [9.17, 15) is 0 Å². The van der Waals surface area contributed by atoms with Crippen molar-refractivity contribution in [2.24, 2.45) is 10.8 Å². The SMILES string of the molecule is CC1(C)C[C@H]2C[C@@](C)(CN2c2ncnc3ccccc23)C1. The van der Waals surface area contributed by atoms with Gasteiger partial charge in [-0.15, -0.1) is 0 Å². The fourth-order valence-electron chi connectivity index (χ4n) is 4.93. The van der Waals surface area contributed by atoms with Crippen LogP contribution in [0.5, 0.6) is 0 Å². The third-order valence-corrected chi connectivity index (χ3v) is 5.21. The number of para-hydroxylation sites is 1. The van der Waals surface area contributed by atoms with Crippen LogP contribution in [0.4, 0.5) is 5.82 Å². The van der Waals surface area contributed by atoms with Gasteiger partial charge in [-0.1, -0.05) is 32.9 Å². The van der Waals surface area contributed by atoms with Crippen molar-refractivity contribution in [3.05, 3.63) is 30.6 Å². The van der Waals surface area contributed by atoms with Gasteiger partial charge in [-0.25, -0.2) is 9.97 Å². The van der Waals surface area contributed by atoms with Gasteiger partial charge >= 0.3 is 0 Å². The fourth-order valence-corrected chi connectivity index (χ4v) is 4.93. The van der Waals surface area contributed by atoms with Gasteiger partial charge in [0.05, 0.1) is 5.52 Å². The van der Waals surface area contributed by atoms with Gasteiger partial charge in [0.25, 0.3) is 0 Å². The molecular formula is C18H23N3. The molecule has 1 aliphatic carbocycles. The van der Waals surface area contributed by atoms with Crippen LogP contribution in [0.3, 0.4) is 0 Å². The molecule has 2 aromatic rings. The molecule has 2 bridgehead atoms. The number of anilines is 1. The lowest BCUT2D eigenvalue weighted by Gasteiger charge is -2.39. The zero-order valence-corrected chi connectivity index (χ0v) is 13.1. The van der Waals surface area contributed by atoms with E-state index in [4.69, 9.17) is 0 Å². The van der Waals surface area contributed by atoms with Crippen molar-refractivity contribution in [3.63, 3.8) is 0 Å². The lowest BCUT2D eigenvalue weighted by atomic mass is 9.65. The molecule has 2 aliphatic rings. The van der Waals surface area contributed by atoms with Crippen LogP contribution in [0.1, 0.15) is 40.0 Å². The van der Waals surface area contributed by atoms with E-state index in [1.807, 2.05) is 6.07 Å². The number of rotatable bonds is 1. The highest BCUT2D eigenvalue weighted by atomic mass is 15.3. The Labute approximate surface area is 126 Å². The summed E-state index contributed by atoms with van der Waals surface area (Å²) in [5, 5.41) is 1.19. The maximum atomic E-state index is 4.64. The van der Waals surface area contributed by atoms with E-state index in [1.165, 1.54) is 24.6 Å². The van der Waals surface area contributed by atoms with E-state index in [2.05, 4.69) is 53.8 Å². The lowest BCUT2D eigenvalue weighted by Crippen LogP contribution is -2.35. The van der Waals surface area contributed by atoms with Gasteiger partial charge in [0, 0.05) is 18.0 Å². The van der Waals surface area contributed by atoms with Crippen molar-refractivity contribution in [1.82, 2.24) is 9.97 Å². The molecule has 4 rings (SSSR count). The number of hydrogen-bond donors (Lipinski definition) is 0. The van der Waals surface area contributed by atoms with Crippen LogP contribution >= 0.6 is 0 Å². The van der Waals surface area contributed by atoms with Gasteiger partial charge in [0.15, 0.2) is 0 Å². The monoisotopic (exact) mass is 281 g/mol. The van der Waals surface area contributed by atoms with E-state index in [1.54, 1.807) is 6.33 Å². The first kappa shape index (κ1) is 13.1. The summed E-state index contributed by atoms with van der Waals surface area (Å²) < 4.78 is 0. The number of fused-ring (bicyclic) bond motifs is 3. The Morgan fingerprint density at radius 3 is 2.76 bits per heavy atom. The van der Waals surface area contributed by atoms with Crippen molar-refractivity contribution in [1.29, 1.82) is 0 Å². The molecule has 1 saturated carbocycles. The summed E-state index contributed by atoms with van der Waals surface area (Å²) in [5.41, 5.74) is 1.92. The summed E-state index contributed by atoms with van der Waals surface area (Å²) in [7, 11) is 0. The van der Waals surface area contributed by atoms with Gasteiger partial charge in [-0.2, -0.15) is 0 Å². The molecule has 3 heteroatoms. The van der Waals surface area contributed by atoms with Crippen LogP contribution in [0.25, 0.3) is 10.9 Å². The molecule has 1 aliphatic heterocycles. The number of benzene rings is 1. The van der Waals surface area contributed by atoms with Crippen molar-refractivity contribution in [3.8, 4) is 0 Å². The highest BCUT2D eigenvalue weighted by Gasteiger charge is 2.50. The van der Waals surface area contributed by atoms with Crippen molar-refractivity contribution >= 4 is 16.7 Å². The average molecular weight is 281 g/mol. The summed E-state index contributed by atoms with van der Waals surface area (Å²) in [6, 6.07) is 8.99. The lowest BCUT2D eigenvalue weighted by molar-refractivity contribution is 0.136. The summed E-state index contributed by atoms with van der Waals surface area (Å²) in [5.74, 6) is 1.13. The Morgan fingerprint density at radius 1 is 1.10 bits per heavy atom. The molecule has 2 heterocycles. The number of hydrogen-bond acceptors (Lipinski definition) is 3. The highest BCUT2D eigenvalue weighted by Crippen LogP contribution is 2.53. The quantitative estimate of drug-likeness (QED) is 0.790. The molecule has 21 heavy (non-hydrogen) atoms. The van der Waals surface area contributed by atoms with Gasteiger partial charge in [-0.05, 0) is 42.2 Å². The molecule has 0 N–H and O–H groups in total. The highest BCUT2D eigenvalue weighted by molar-refractivity contribution is 5.89. The standard InChI is InChI=1S/C18H23N3/c1-17(2)8-13-9-18(3,10-17)11-21(13)16-14-6-4-5-7-15(14)19-12-20-16/h4-7,12-13H,8-11H2,1-3H3/t13-,18+/m0/s1. The minimum absolute atomic E-state index is 0.429. The Hall–Kier alpha value is -1.64. The van der Waals surface area contributed by atoms with Crippen LogP contribution in [0, 0.1) is 10.8 Å². The summed E-state index contributed by atoms with van der Waals surface area (Å²) in [6.07, 6.45) is 5.60. The molecule has 1 saturated heterocycles. The second-order valence-corrected chi connectivity index (χ2v) is 8.06. The fraction of sp³-hybridized carbons (Fsp3) is 0.556. The van der Waals surface area contributed by atoms with E-state index < -0.39 is 0 Å². The van der Waals surface area contributed by atoms with E-state index in [-0.39, 0.29) is 0 Å². The third kappa shape index (κ3) is 2.10. The first-order valence-electron chi connectivity index (χ1n) is 7.92. The zero-order valence-electron chi connectivity index (χ0n) is 13.1. The van der Waals surface area contributed by atoms with Gasteiger partial charge in [-0.3, -0.25) is 0 Å². The molecule has 0 unspecified atom stereocenters. The zero-order chi connectivity index (χ0) is 14.7. The molecule has 1 aromatic carbocycles. The van der Waals surface area contributed by atoms with Crippen LogP contribution in [0.15, 0.2) is 30.6 Å². The minimum atomic E-state index is 0.429. The molecule has 2 fully saturated rings. The molecule has 0 radical (unpaired) electrons. The maximum absolute atomic E-state index is 4.64. The predicted octanol–water partition coefficient (Wildman–Crippen LogP) is 4.03. The van der Waals surface area contributed by atoms with Gasteiger partial charge < -0.3 is 4.90 Å². The van der Waals surface area contributed by atoms with Crippen molar-refractivity contribution in [2.45, 2.75) is 46.1 Å². The van der Waals surface area contributed by atoms with E-state index in [0.717, 1.165) is 17.9 Å². The molecule has 2 atom stereocenters. The molecule has 110 valence electrons. The smallest absolute Gasteiger partial charge is 0.140 e. The third-order valence-electron chi connectivity index (χ3n) is 5.21. The van der Waals surface area contributed by atoms with E-state index >= 15 is 0 Å². The van der Waals surface area contributed by atoms with Crippen LogP contribution in [-0.4, -0.2) is 22.6 Å². The average Bonchev–Trinajstić information content (AvgIpc) is 2.67. The van der Waals surface area contributed by atoms with Gasteiger partial charge in [0.2, 0.25) is 0 Å². The van der Waals surface area contributed by atoms with Crippen molar-refractivity contribution < 1.29 is 0 Å². The maximum Gasteiger partial charge on any atom is 0.140 e.